The van der Waals surface area contributed by atoms with E-state index in [1.54, 1.807) is 7.11 Å². The van der Waals surface area contributed by atoms with Gasteiger partial charge in [0.25, 0.3) is 0 Å². The molecule has 0 aromatic carbocycles. The molecular formula is C15H28N2O4. The third kappa shape index (κ3) is 6.80. The number of rotatable bonds is 8. The largest absolute Gasteiger partial charge is 0.481 e. The number of hydrogen-bond acceptors (Lipinski definition) is 3. The first kappa shape index (κ1) is 17.8. The number of unbranched alkanes of at least 4 members (excludes halogenated alkanes) is 1. The number of ether oxygens (including phenoxy) is 1. The van der Waals surface area contributed by atoms with Crippen molar-refractivity contribution in [1.82, 2.24) is 10.2 Å². The number of piperidine rings is 1. The van der Waals surface area contributed by atoms with Crippen LogP contribution >= 0.6 is 0 Å². The van der Waals surface area contributed by atoms with Crippen molar-refractivity contribution in [1.29, 1.82) is 0 Å². The van der Waals surface area contributed by atoms with Crippen molar-refractivity contribution in [3.05, 3.63) is 0 Å². The molecule has 6 nitrogen and oxygen atoms in total. The number of likely N-dealkylation sites (tertiary alicyclic amines) is 1. The van der Waals surface area contributed by atoms with Gasteiger partial charge in [-0.1, -0.05) is 6.92 Å². The number of aliphatic carboxylic acids is 1. The highest BCUT2D eigenvalue weighted by molar-refractivity contribution is 5.74. The molecule has 1 saturated heterocycles. The number of urea groups is 1. The predicted octanol–water partition coefficient (Wildman–Crippen LogP) is 1.95. The van der Waals surface area contributed by atoms with E-state index in [0.29, 0.717) is 19.7 Å². The Morgan fingerprint density at radius 1 is 1.43 bits per heavy atom. The number of carboxylic acids is 1. The Balaban J connectivity index is 2.30. The highest BCUT2D eigenvalue weighted by Crippen LogP contribution is 2.26. The molecule has 6 heteroatoms. The van der Waals surface area contributed by atoms with Gasteiger partial charge in [-0.05, 0) is 37.5 Å². The zero-order valence-corrected chi connectivity index (χ0v) is 13.1. The first-order chi connectivity index (χ1) is 10.0. The predicted molar refractivity (Wildman–Crippen MR) is 80.2 cm³/mol. The first-order valence-electron chi connectivity index (χ1n) is 7.78. The second-order valence-electron chi connectivity index (χ2n) is 5.86. The minimum atomic E-state index is -0.762. The monoisotopic (exact) mass is 300 g/mol. The third-order valence-electron chi connectivity index (χ3n) is 4.10. The zero-order chi connectivity index (χ0) is 15.7. The van der Waals surface area contributed by atoms with Gasteiger partial charge in [0.05, 0.1) is 0 Å². The van der Waals surface area contributed by atoms with Crippen molar-refractivity contribution in [3.63, 3.8) is 0 Å². The van der Waals surface area contributed by atoms with Gasteiger partial charge in [0.15, 0.2) is 0 Å². The number of nitrogens with zero attached hydrogens (tertiary/aromatic N) is 1. The molecule has 1 aliphatic heterocycles. The highest BCUT2D eigenvalue weighted by atomic mass is 16.5. The molecular weight excluding hydrogens is 272 g/mol. The molecule has 0 saturated carbocycles. The molecule has 1 rings (SSSR count). The van der Waals surface area contributed by atoms with E-state index in [2.05, 4.69) is 5.32 Å². The normalized spacial score (nSPS) is 20.1. The lowest BCUT2D eigenvalue weighted by Gasteiger charge is -2.35. The van der Waals surface area contributed by atoms with Crippen molar-refractivity contribution in [2.24, 2.45) is 11.8 Å². The summed E-state index contributed by atoms with van der Waals surface area (Å²) in [6, 6.07) is -0.0281. The van der Waals surface area contributed by atoms with Crippen LogP contribution in [-0.4, -0.2) is 55.4 Å². The van der Waals surface area contributed by atoms with Crippen molar-refractivity contribution >= 4 is 12.0 Å². The van der Waals surface area contributed by atoms with Gasteiger partial charge in [-0.3, -0.25) is 4.79 Å². The maximum atomic E-state index is 12.1. The number of nitrogens with one attached hydrogen (secondary N) is 1. The summed E-state index contributed by atoms with van der Waals surface area (Å²) >= 11 is 0. The van der Waals surface area contributed by atoms with E-state index < -0.39 is 5.97 Å². The van der Waals surface area contributed by atoms with Gasteiger partial charge in [0.1, 0.15) is 0 Å². The van der Waals surface area contributed by atoms with Crippen molar-refractivity contribution in [3.8, 4) is 0 Å². The number of carbonyl (C=O) groups is 2. The summed E-state index contributed by atoms with van der Waals surface area (Å²) in [5, 5.41) is 11.8. The van der Waals surface area contributed by atoms with E-state index in [4.69, 9.17) is 9.84 Å². The number of carbonyl (C=O) groups excluding carboxylic acids is 1. The van der Waals surface area contributed by atoms with Crippen LogP contribution in [0.5, 0.6) is 0 Å². The Morgan fingerprint density at radius 2 is 2.19 bits per heavy atom. The Hall–Kier alpha value is -1.30. The quantitative estimate of drug-likeness (QED) is 0.672. The molecule has 21 heavy (non-hydrogen) atoms. The van der Waals surface area contributed by atoms with E-state index in [9.17, 15) is 9.59 Å². The standard InChI is InChI=1S/C15H28N2O4/c1-12(10-14(18)19)13-6-5-8-17(11-13)15(20)16-7-3-4-9-21-2/h12-13H,3-11H2,1-2H3,(H,16,20)(H,18,19). The number of carboxylic acid groups (broad SMARTS) is 1. The third-order valence-corrected chi connectivity index (χ3v) is 4.10. The lowest BCUT2D eigenvalue weighted by atomic mass is 9.85. The Labute approximate surface area is 126 Å². The fourth-order valence-electron chi connectivity index (χ4n) is 2.78. The Kier molecular flexibility index (Phi) is 8.12. The summed E-state index contributed by atoms with van der Waals surface area (Å²) in [4.78, 5) is 24.7. The van der Waals surface area contributed by atoms with E-state index in [-0.39, 0.29) is 24.3 Å². The molecule has 0 bridgehead atoms. The van der Waals surface area contributed by atoms with Gasteiger partial charge in [-0.15, -0.1) is 0 Å². The summed E-state index contributed by atoms with van der Waals surface area (Å²) in [5.41, 5.74) is 0. The second kappa shape index (κ2) is 9.60. The lowest BCUT2D eigenvalue weighted by Crippen LogP contribution is -2.47. The van der Waals surface area contributed by atoms with Crippen LogP contribution in [0.1, 0.15) is 39.0 Å². The molecule has 0 aromatic rings. The molecule has 1 fully saturated rings. The Morgan fingerprint density at radius 3 is 2.86 bits per heavy atom. The van der Waals surface area contributed by atoms with Crippen LogP contribution in [0.2, 0.25) is 0 Å². The van der Waals surface area contributed by atoms with E-state index in [0.717, 1.165) is 32.2 Å². The van der Waals surface area contributed by atoms with E-state index >= 15 is 0 Å². The van der Waals surface area contributed by atoms with Crippen LogP contribution in [0.25, 0.3) is 0 Å². The maximum absolute atomic E-state index is 12.1. The molecule has 0 radical (unpaired) electrons. The number of hydrogen-bond donors (Lipinski definition) is 2. The van der Waals surface area contributed by atoms with Gasteiger partial charge in [-0.2, -0.15) is 0 Å². The van der Waals surface area contributed by atoms with Crippen LogP contribution in [0.4, 0.5) is 4.79 Å². The molecule has 122 valence electrons. The van der Waals surface area contributed by atoms with Gasteiger partial charge in [0, 0.05) is 39.8 Å². The lowest BCUT2D eigenvalue weighted by molar-refractivity contribution is -0.138. The molecule has 0 spiro atoms. The van der Waals surface area contributed by atoms with Gasteiger partial charge in [-0.25, -0.2) is 4.79 Å². The zero-order valence-electron chi connectivity index (χ0n) is 13.1. The molecule has 2 amide bonds. The minimum Gasteiger partial charge on any atom is -0.481 e. The van der Waals surface area contributed by atoms with Crippen LogP contribution < -0.4 is 5.32 Å². The minimum absolute atomic E-state index is 0.0281. The van der Waals surface area contributed by atoms with Crippen LogP contribution in [0.15, 0.2) is 0 Å². The molecule has 2 unspecified atom stereocenters. The Bertz CT molecular complexity index is 336. The summed E-state index contributed by atoms with van der Waals surface area (Å²) in [6.07, 6.45) is 3.98. The topological polar surface area (TPSA) is 78.9 Å². The average molecular weight is 300 g/mol. The van der Waals surface area contributed by atoms with E-state index in [1.807, 2.05) is 11.8 Å². The molecule has 0 aliphatic carbocycles. The summed E-state index contributed by atoms with van der Waals surface area (Å²) in [5.74, 6) is -0.365. The van der Waals surface area contributed by atoms with E-state index in [1.165, 1.54) is 0 Å². The van der Waals surface area contributed by atoms with Gasteiger partial charge >= 0.3 is 12.0 Å². The summed E-state index contributed by atoms with van der Waals surface area (Å²) < 4.78 is 4.97. The highest BCUT2D eigenvalue weighted by Gasteiger charge is 2.28. The number of amides is 2. The second-order valence-corrected chi connectivity index (χ2v) is 5.86. The fraction of sp³-hybridized carbons (Fsp3) is 0.867. The fourth-order valence-corrected chi connectivity index (χ4v) is 2.78. The van der Waals surface area contributed by atoms with Crippen molar-refractivity contribution in [2.75, 3.05) is 33.4 Å². The van der Waals surface area contributed by atoms with Crippen LogP contribution in [0.3, 0.4) is 0 Å². The molecule has 1 heterocycles. The first-order valence-corrected chi connectivity index (χ1v) is 7.78. The van der Waals surface area contributed by atoms with Crippen molar-refractivity contribution in [2.45, 2.75) is 39.0 Å². The summed E-state index contributed by atoms with van der Waals surface area (Å²) in [6.45, 7) is 4.77. The van der Waals surface area contributed by atoms with Gasteiger partial charge in [0.2, 0.25) is 0 Å². The van der Waals surface area contributed by atoms with Crippen LogP contribution in [0, 0.1) is 11.8 Å². The molecule has 2 atom stereocenters. The molecule has 0 aromatic heterocycles. The maximum Gasteiger partial charge on any atom is 0.317 e. The van der Waals surface area contributed by atoms with Crippen molar-refractivity contribution < 1.29 is 19.4 Å². The molecule has 1 aliphatic rings. The number of methoxy groups -OCH3 is 1. The average Bonchev–Trinajstić information content (AvgIpc) is 2.46. The van der Waals surface area contributed by atoms with Gasteiger partial charge < -0.3 is 20.1 Å². The molecule has 2 N–H and O–H groups in total. The SMILES string of the molecule is COCCCCNC(=O)N1CCCC(C(C)CC(=O)O)C1. The summed E-state index contributed by atoms with van der Waals surface area (Å²) in [7, 11) is 1.67. The smallest absolute Gasteiger partial charge is 0.317 e. The van der Waals surface area contributed by atoms with Crippen LogP contribution in [-0.2, 0) is 9.53 Å².